The van der Waals surface area contributed by atoms with Crippen LogP contribution in [0.1, 0.15) is 100 Å². The molecule has 24 heavy (non-hydrogen) atoms. The zero-order valence-corrected chi connectivity index (χ0v) is 17.9. The Morgan fingerprint density at radius 3 is 1.96 bits per heavy atom. The van der Waals surface area contributed by atoms with Crippen molar-refractivity contribution in [3.63, 3.8) is 0 Å². The van der Waals surface area contributed by atoms with Gasteiger partial charge in [-0.2, -0.15) is 0 Å². The van der Waals surface area contributed by atoms with Crippen molar-refractivity contribution in [2.24, 2.45) is 51.8 Å². The summed E-state index contributed by atoms with van der Waals surface area (Å²) in [5.41, 5.74) is 1.59. The molecule has 3 fully saturated rings. The minimum Gasteiger partial charge on any atom is -0.0622 e. The number of hydrogen-bond donors (Lipinski definition) is 0. The minimum absolute atomic E-state index is 0.461. The molecular weight excluding hydrogens is 288 g/mol. The minimum atomic E-state index is 0.461. The molecule has 0 aliphatic heterocycles. The Labute approximate surface area is 152 Å². The highest BCUT2D eigenvalue weighted by Crippen LogP contribution is 2.63. The van der Waals surface area contributed by atoms with E-state index in [0.29, 0.717) is 16.2 Å². The molecule has 0 N–H and O–H groups in total. The van der Waals surface area contributed by atoms with Gasteiger partial charge in [0.05, 0.1) is 0 Å². The number of hydrogen-bond acceptors (Lipinski definition) is 0. The van der Waals surface area contributed by atoms with Crippen LogP contribution in [0, 0.1) is 51.8 Å². The maximum atomic E-state index is 2.71. The lowest BCUT2D eigenvalue weighted by atomic mass is 9.44. The summed E-state index contributed by atoms with van der Waals surface area (Å²) in [6.07, 6.45) is 10.4. The molecule has 3 aliphatic carbocycles. The standard InChI is InChI=1S/C24H44/c1-16-9-11-18-15-20-17(2)10-12-21(22(3,4)5)24(20,8)14-13-19(16)23(18,6)7/h16-21H,9-15H2,1-8H3/t16-,17-,18+,19+,20-,21?,24+/m1/s1. The third-order valence-electron chi connectivity index (χ3n) is 9.48. The summed E-state index contributed by atoms with van der Waals surface area (Å²) in [5, 5.41) is 0. The second kappa shape index (κ2) is 6.02. The molecule has 0 nitrogen and oxygen atoms in total. The normalized spacial score (nSPS) is 49.0. The molecular formula is C24H44. The Morgan fingerprint density at radius 2 is 1.33 bits per heavy atom. The monoisotopic (exact) mass is 332 g/mol. The quantitative estimate of drug-likeness (QED) is 0.429. The first-order chi connectivity index (χ1) is 11.0. The third-order valence-corrected chi connectivity index (χ3v) is 9.48. The summed E-state index contributed by atoms with van der Waals surface area (Å²) in [6.45, 7) is 20.6. The van der Waals surface area contributed by atoms with E-state index < -0.39 is 0 Å². The average Bonchev–Trinajstić information content (AvgIpc) is 2.42. The van der Waals surface area contributed by atoms with Crippen molar-refractivity contribution in [2.45, 2.75) is 100 Å². The highest BCUT2D eigenvalue weighted by Gasteiger charge is 2.55. The zero-order valence-electron chi connectivity index (χ0n) is 17.9. The summed E-state index contributed by atoms with van der Waals surface area (Å²) >= 11 is 0. The molecule has 0 heteroatoms. The fourth-order valence-corrected chi connectivity index (χ4v) is 8.08. The van der Waals surface area contributed by atoms with Crippen LogP contribution >= 0.6 is 0 Å². The molecule has 140 valence electrons. The average molecular weight is 333 g/mol. The largest absolute Gasteiger partial charge is 0.0622 e. The number of rotatable bonds is 0. The smallest absolute Gasteiger partial charge is 0.0261 e. The van der Waals surface area contributed by atoms with Gasteiger partial charge in [-0.25, -0.2) is 0 Å². The van der Waals surface area contributed by atoms with Gasteiger partial charge in [-0.1, -0.05) is 68.2 Å². The fraction of sp³-hybridized carbons (Fsp3) is 1.00. The Bertz CT molecular complexity index is 453. The highest BCUT2D eigenvalue weighted by molar-refractivity contribution is 5.04. The van der Waals surface area contributed by atoms with Crippen molar-refractivity contribution in [3.8, 4) is 0 Å². The van der Waals surface area contributed by atoms with E-state index in [1.165, 1.54) is 44.9 Å². The summed E-state index contributed by atoms with van der Waals surface area (Å²) in [5.74, 6) is 5.64. The van der Waals surface area contributed by atoms with E-state index in [4.69, 9.17) is 0 Å². The summed E-state index contributed by atoms with van der Waals surface area (Å²) in [4.78, 5) is 0. The van der Waals surface area contributed by atoms with Crippen LogP contribution in [0.15, 0.2) is 0 Å². The number of fused-ring (bicyclic) bond motifs is 3. The van der Waals surface area contributed by atoms with Gasteiger partial charge in [0.1, 0.15) is 0 Å². The molecule has 0 aromatic heterocycles. The maximum absolute atomic E-state index is 2.71. The molecule has 0 heterocycles. The molecule has 7 atom stereocenters. The Hall–Kier alpha value is 0. The third kappa shape index (κ3) is 2.88. The van der Waals surface area contributed by atoms with Crippen LogP contribution in [-0.2, 0) is 0 Å². The molecule has 0 radical (unpaired) electrons. The molecule has 3 saturated carbocycles. The molecule has 3 rings (SSSR count). The van der Waals surface area contributed by atoms with Crippen LogP contribution in [0.5, 0.6) is 0 Å². The van der Waals surface area contributed by atoms with E-state index in [0.717, 1.165) is 35.5 Å². The highest BCUT2D eigenvalue weighted by atomic mass is 14.6. The van der Waals surface area contributed by atoms with Crippen molar-refractivity contribution in [1.29, 1.82) is 0 Å². The van der Waals surface area contributed by atoms with Crippen molar-refractivity contribution >= 4 is 0 Å². The van der Waals surface area contributed by atoms with E-state index in [2.05, 4.69) is 55.4 Å². The van der Waals surface area contributed by atoms with Gasteiger partial charge in [-0.15, -0.1) is 0 Å². The molecule has 0 saturated heterocycles. The van der Waals surface area contributed by atoms with Crippen LogP contribution in [0.25, 0.3) is 0 Å². The van der Waals surface area contributed by atoms with Crippen LogP contribution in [0.3, 0.4) is 0 Å². The molecule has 0 aromatic carbocycles. The molecule has 2 bridgehead atoms. The lowest BCUT2D eigenvalue weighted by molar-refractivity contribution is -0.115. The van der Waals surface area contributed by atoms with Crippen molar-refractivity contribution in [3.05, 3.63) is 0 Å². The van der Waals surface area contributed by atoms with Crippen LogP contribution in [-0.4, -0.2) is 0 Å². The molecule has 0 spiro atoms. The van der Waals surface area contributed by atoms with E-state index in [-0.39, 0.29) is 0 Å². The van der Waals surface area contributed by atoms with E-state index >= 15 is 0 Å². The molecule has 1 unspecified atom stereocenters. The predicted octanol–water partition coefficient (Wildman–Crippen LogP) is 7.57. The Kier molecular flexibility index (Phi) is 4.71. The van der Waals surface area contributed by atoms with Crippen molar-refractivity contribution in [2.75, 3.05) is 0 Å². The van der Waals surface area contributed by atoms with E-state index in [9.17, 15) is 0 Å². The first-order valence-electron chi connectivity index (χ1n) is 11.0. The van der Waals surface area contributed by atoms with Crippen LogP contribution in [0.4, 0.5) is 0 Å². The second-order valence-electron chi connectivity index (χ2n) is 12.0. The van der Waals surface area contributed by atoms with Crippen molar-refractivity contribution in [1.82, 2.24) is 0 Å². The summed E-state index contributed by atoms with van der Waals surface area (Å²) in [7, 11) is 0. The Morgan fingerprint density at radius 1 is 0.750 bits per heavy atom. The first kappa shape index (κ1) is 18.8. The maximum Gasteiger partial charge on any atom is -0.0261 e. The SMILES string of the molecule is C[C@@H]1CCC(C(C)(C)C)[C@@]2(C)CC[C@H]3[C@H](C)CC[C@@H](C[C@H]12)C3(C)C. The molecule has 3 aliphatic rings. The van der Waals surface area contributed by atoms with Gasteiger partial charge in [-0.05, 0) is 83.9 Å². The lowest BCUT2D eigenvalue weighted by Crippen LogP contribution is -2.53. The lowest BCUT2D eigenvalue weighted by Gasteiger charge is -2.61. The van der Waals surface area contributed by atoms with E-state index in [1.54, 1.807) is 0 Å². The zero-order chi connectivity index (χ0) is 17.9. The van der Waals surface area contributed by atoms with Gasteiger partial charge in [-0.3, -0.25) is 0 Å². The summed E-state index contributed by atoms with van der Waals surface area (Å²) in [6, 6.07) is 0. The van der Waals surface area contributed by atoms with Crippen LogP contribution in [0.2, 0.25) is 0 Å². The summed E-state index contributed by atoms with van der Waals surface area (Å²) < 4.78 is 0. The topological polar surface area (TPSA) is 0 Å². The van der Waals surface area contributed by atoms with Gasteiger partial charge in [0.15, 0.2) is 0 Å². The van der Waals surface area contributed by atoms with Gasteiger partial charge < -0.3 is 0 Å². The fourth-order valence-electron chi connectivity index (χ4n) is 8.08. The van der Waals surface area contributed by atoms with Crippen molar-refractivity contribution < 1.29 is 0 Å². The first-order valence-corrected chi connectivity index (χ1v) is 11.0. The van der Waals surface area contributed by atoms with Gasteiger partial charge in [0.25, 0.3) is 0 Å². The van der Waals surface area contributed by atoms with E-state index in [1.807, 2.05) is 0 Å². The molecule has 0 aromatic rings. The van der Waals surface area contributed by atoms with Gasteiger partial charge in [0.2, 0.25) is 0 Å². The second-order valence-corrected chi connectivity index (χ2v) is 12.0. The van der Waals surface area contributed by atoms with Gasteiger partial charge in [0, 0.05) is 0 Å². The molecule has 0 amide bonds. The van der Waals surface area contributed by atoms with Crippen LogP contribution < -0.4 is 0 Å². The Balaban J connectivity index is 1.98. The predicted molar refractivity (Wildman–Crippen MR) is 106 cm³/mol. The van der Waals surface area contributed by atoms with Gasteiger partial charge >= 0.3 is 0 Å².